The van der Waals surface area contributed by atoms with Gasteiger partial charge in [-0.15, -0.1) is 0 Å². The molecule has 3 N–H and O–H groups in total. The predicted molar refractivity (Wildman–Crippen MR) is 66.2 cm³/mol. The number of hydrogen-bond donors (Lipinski definition) is 2. The van der Waals surface area contributed by atoms with Crippen molar-refractivity contribution in [3.8, 4) is 0 Å². The number of rotatable bonds is 3. The monoisotopic (exact) mass is 241 g/mol. The maximum Gasteiger partial charge on any atom is 0.226 e. The van der Waals surface area contributed by atoms with Crippen molar-refractivity contribution in [2.75, 3.05) is 20.1 Å². The van der Waals surface area contributed by atoms with Gasteiger partial charge in [-0.25, -0.2) is 0 Å². The summed E-state index contributed by atoms with van der Waals surface area (Å²) in [4.78, 5) is 25.5. The lowest BCUT2D eigenvalue weighted by molar-refractivity contribution is -0.139. The van der Waals surface area contributed by atoms with Crippen molar-refractivity contribution in [3.63, 3.8) is 0 Å². The first kappa shape index (κ1) is 14.0. The second-order valence-corrected chi connectivity index (χ2v) is 4.89. The molecule has 0 radical (unpaired) electrons. The van der Waals surface area contributed by atoms with Crippen LogP contribution in [0.4, 0.5) is 0 Å². The van der Waals surface area contributed by atoms with Crippen molar-refractivity contribution in [1.29, 1.82) is 0 Å². The number of hydrogen-bond acceptors (Lipinski definition) is 3. The van der Waals surface area contributed by atoms with E-state index in [0.29, 0.717) is 6.54 Å². The fourth-order valence-corrected chi connectivity index (χ4v) is 2.11. The molecule has 0 aliphatic carbocycles. The predicted octanol–water partition coefficient (Wildman–Crippen LogP) is -0.0457. The third-order valence-electron chi connectivity index (χ3n) is 3.53. The number of carbonyl (C=O) groups is 2. The van der Waals surface area contributed by atoms with E-state index in [1.165, 1.54) is 0 Å². The van der Waals surface area contributed by atoms with E-state index in [0.717, 1.165) is 19.4 Å². The Balaban J connectivity index is 2.60. The molecule has 0 aromatic heterocycles. The molecule has 1 saturated heterocycles. The Labute approximate surface area is 103 Å². The number of likely N-dealkylation sites (tertiary alicyclic amines) is 1. The molecule has 1 aliphatic heterocycles. The van der Waals surface area contributed by atoms with Crippen LogP contribution in [0.15, 0.2) is 0 Å². The Kier molecular flexibility index (Phi) is 4.93. The standard InChI is InChI=1S/C12H23N3O2/c1-8(9(2)13)12(17)15-6-4-5-10(7-15)11(16)14-3/h8-10H,4-7,13H2,1-3H3,(H,14,16). The van der Waals surface area contributed by atoms with Crippen LogP contribution >= 0.6 is 0 Å². The number of nitrogens with one attached hydrogen (secondary N) is 1. The molecule has 0 saturated carbocycles. The van der Waals surface area contributed by atoms with Crippen LogP contribution in [0.1, 0.15) is 26.7 Å². The summed E-state index contributed by atoms with van der Waals surface area (Å²) in [6, 6.07) is -0.150. The molecule has 3 atom stereocenters. The van der Waals surface area contributed by atoms with Gasteiger partial charge in [0.1, 0.15) is 0 Å². The smallest absolute Gasteiger partial charge is 0.226 e. The average Bonchev–Trinajstić information content (AvgIpc) is 2.36. The van der Waals surface area contributed by atoms with Gasteiger partial charge in [0, 0.05) is 26.2 Å². The fraction of sp³-hybridized carbons (Fsp3) is 0.833. The molecule has 5 heteroatoms. The molecule has 0 aromatic carbocycles. The van der Waals surface area contributed by atoms with Crippen LogP contribution in [-0.4, -0.2) is 42.9 Å². The summed E-state index contributed by atoms with van der Waals surface area (Å²) in [5.74, 6) is -0.166. The summed E-state index contributed by atoms with van der Waals surface area (Å²) in [6.45, 7) is 4.94. The molecule has 0 aromatic rings. The van der Waals surface area contributed by atoms with E-state index in [4.69, 9.17) is 5.73 Å². The van der Waals surface area contributed by atoms with Crippen LogP contribution in [0, 0.1) is 11.8 Å². The first-order chi connectivity index (χ1) is 7.97. The summed E-state index contributed by atoms with van der Waals surface area (Å²) in [5.41, 5.74) is 5.74. The van der Waals surface area contributed by atoms with E-state index < -0.39 is 0 Å². The molecule has 1 rings (SSSR count). The number of amides is 2. The molecular formula is C12H23N3O2. The number of piperidine rings is 1. The van der Waals surface area contributed by atoms with Gasteiger partial charge in [-0.1, -0.05) is 6.92 Å². The van der Waals surface area contributed by atoms with Gasteiger partial charge in [0.05, 0.1) is 11.8 Å². The van der Waals surface area contributed by atoms with Crippen LogP contribution in [0.25, 0.3) is 0 Å². The molecule has 5 nitrogen and oxygen atoms in total. The second-order valence-electron chi connectivity index (χ2n) is 4.89. The summed E-state index contributed by atoms with van der Waals surface area (Å²) in [6.07, 6.45) is 1.74. The average molecular weight is 241 g/mol. The normalized spacial score (nSPS) is 24.0. The molecular weight excluding hydrogens is 218 g/mol. The van der Waals surface area contributed by atoms with Crippen molar-refractivity contribution in [3.05, 3.63) is 0 Å². The van der Waals surface area contributed by atoms with Gasteiger partial charge in [0.25, 0.3) is 0 Å². The maximum atomic E-state index is 12.1. The highest BCUT2D eigenvalue weighted by Crippen LogP contribution is 2.19. The van der Waals surface area contributed by atoms with E-state index in [-0.39, 0.29) is 29.7 Å². The van der Waals surface area contributed by atoms with Gasteiger partial charge in [-0.2, -0.15) is 0 Å². The minimum atomic E-state index is -0.182. The summed E-state index contributed by atoms with van der Waals surface area (Å²) in [7, 11) is 1.63. The Morgan fingerprint density at radius 3 is 2.59 bits per heavy atom. The molecule has 98 valence electrons. The molecule has 0 spiro atoms. The second kappa shape index (κ2) is 6.00. The lowest BCUT2D eigenvalue weighted by Gasteiger charge is -2.34. The van der Waals surface area contributed by atoms with Crippen LogP contribution in [-0.2, 0) is 9.59 Å². The highest BCUT2D eigenvalue weighted by atomic mass is 16.2. The van der Waals surface area contributed by atoms with E-state index in [1.54, 1.807) is 11.9 Å². The molecule has 1 fully saturated rings. The molecule has 3 unspecified atom stereocenters. The number of nitrogens with zero attached hydrogens (tertiary/aromatic N) is 1. The summed E-state index contributed by atoms with van der Waals surface area (Å²) >= 11 is 0. The number of carbonyl (C=O) groups excluding carboxylic acids is 2. The highest BCUT2D eigenvalue weighted by Gasteiger charge is 2.30. The minimum Gasteiger partial charge on any atom is -0.359 e. The molecule has 1 heterocycles. The van der Waals surface area contributed by atoms with Crippen molar-refractivity contribution in [2.24, 2.45) is 17.6 Å². The highest BCUT2D eigenvalue weighted by molar-refractivity contribution is 5.82. The fourth-order valence-electron chi connectivity index (χ4n) is 2.11. The zero-order valence-electron chi connectivity index (χ0n) is 10.9. The zero-order chi connectivity index (χ0) is 13.0. The van der Waals surface area contributed by atoms with Crippen LogP contribution < -0.4 is 11.1 Å². The third-order valence-corrected chi connectivity index (χ3v) is 3.53. The maximum absolute atomic E-state index is 12.1. The molecule has 0 bridgehead atoms. The quantitative estimate of drug-likeness (QED) is 0.727. The molecule has 17 heavy (non-hydrogen) atoms. The Hall–Kier alpha value is -1.10. The number of nitrogens with two attached hydrogens (primary N) is 1. The molecule has 1 aliphatic rings. The summed E-state index contributed by atoms with van der Waals surface area (Å²) in [5, 5.41) is 2.64. The van der Waals surface area contributed by atoms with Gasteiger partial charge >= 0.3 is 0 Å². The third kappa shape index (κ3) is 3.43. The Bertz CT molecular complexity index is 291. The lowest BCUT2D eigenvalue weighted by Crippen LogP contribution is -2.48. The van der Waals surface area contributed by atoms with Crippen LogP contribution in [0.2, 0.25) is 0 Å². The Morgan fingerprint density at radius 2 is 2.06 bits per heavy atom. The first-order valence-electron chi connectivity index (χ1n) is 6.23. The van der Waals surface area contributed by atoms with Crippen molar-refractivity contribution in [2.45, 2.75) is 32.7 Å². The van der Waals surface area contributed by atoms with E-state index in [2.05, 4.69) is 5.32 Å². The van der Waals surface area contributed by atoms with E-state index >= 15 is 0 Å². The SMILES string of the molecule is CNC(=O)C1CCCN(C(=O)C(C)C(C)N)C1. The van der Waals surface area contributed by atoms with Crippen LogP contribution in [0.3, 0.4) is 0 Å². The van der Waals surface area contributed by atoms with Gasteiger partial charge in [0.2, 0.25) is 11.8 Å². The van der Waals surface area contributed by atoms with Gasteiger partial charge < -0.3 is 16.0 Å². The summed E-state index contributed by atoms with van der Waals surface area (Å²) < 4.78 is 0. The Morgan fingerprint density at radius 1 is 1.41 bits per heavy atom. The van der Waals surface area contributed by atoms with Gasteiger partial charge in [-0.05, 0) is 19.8 Å². The minimum absolute atomic E-state index is 0.0240. The van der Waals surface area contributed by atoms with E-state index in [9.17, 15) is 9.59 Å². The molecule has 2 amide bonds. The van der Waals surface area contributed by atoms with Crippen molar-refractivity contribution in [1.82, 2.24) is 10.2 Å². The van der Waals surface area contributed by atoms with Crippen molar-refractivity contribution >= 4 is 11.8 Å². The van der Waals surface area contributed by atoms with Crippen molar-refractivity contribution < 1.29 is 9.59 Å². The van der Waals surface area contributed by atoms with Gasteiger partial charge in [-0.3, -0.25) is 9.59 Å². The lowest BCUT2D eigenvalue weighted by atomic mass is 9.95. The van der Waals surface area contributed by atoms with Crippen LogP contribution in [0.5, 0.6) is 0 Å². The zero-order valence-corrected chi connectivity index (χ0v) is 10.9. The topological polar surface area (TPSA) is 75.4 Å². The largest absolute Gasteiger partial charge is 0.359 e. The first-order valence-corrected chi connectivity index (χ1v) is 6.23. The van der Waals surface area contributed by atoms with E-state index in [1.807, 2.05) is 13.8 Å². The van der Waals surface area contributed by atoms with Gasteiger partial charge in [0.15, 0.2) is 0 Å².